The van der Waals surface area contributed by atoms with Gasteiger partial charge in [-0.2, -0.15) is 0 Å². The first-order valence-corrected chi connectivity index (χ1v) is 8.18. The Bertz CT molecular complexity index is 675. The molecule has 2 atom stereocenters. The molecule has 1 aromatic rings. The van der Waals surface area contributed by atoms with Gasteiger partial charge in [0.2, 0.25) is 10.0 Å². The lowest BCUT2D eigenvalue weighted by atomic mass is 10.1. The Morgan fingerprint density at radius 1 is 1.43 bits per heavy atom. The van der Waals surface area contributed by atoms with Crippen LogP contribution in [0, 0.1) is 18.3 Å². The Kier molecular flexibility index (Phi) is 4.53. The van der Waals surface area contributed by atoms with Crippen molar-refractivity contribution in [3.63, 3.8) is 0 Å². The van der Waals surface area contributed by atoms with E-state index in [0.29, 0.717) is 30.5 Å². The van der Waals surface area contributed by atoms with Gasteiger partial charge in [-0.05, 0) is 31.0 Å². The number of ether oxygens (including phenoxy) is 1. The largest absolute Gasteiger partial charge is 0.469 e. The predicted molar refractivity (Wildman–Crippen MR) is 80.1 cm³/mol. The summed E-state index contributed by atoms with van der Waals surface area (Å²) in [6, 6.07) is 6.60. The Morgan fingerprint density at radius 3 is 2.86 bits per heavy atom. The summed E-state index contributed by atoms with van der Waals surface area (Å²) in [5.74, 6) is 1.37. The fourth-order valence-corrected chi connectivity index (χ4v) is 4.39. The van der Waals surface area contributed by atoms with Gasteiger partial charge in [0, 0.05) is 11.3 Å². The van der Waals surface area contributed by atoms with Crippen LogP contribution < -0.4 is 4.72 Å². The van der Waals surface area contributed by atoms with Crippen LogP contribution in [-0.2, 0) is 19.6 Å². The molecule has 0 radical (unpaired) electrons. The van der Waals surface area contributed by atoms with Crippen LogP contribution in [0.4, 0.5) is 5.69 Å². The molecule has 112 valence electrons. The molecule has 0 saturated heterocycles. The van der Waals surface area contributed by atoms with Crippen LogP contribution in [-0.4, -0.2) is 26.7 Å². The fraction of sp³-hybridized carbons (Fsp3) is 0.400. The molecule has 1 aliphatic rings. The van der Waals surface area contributed by atoms with Gasteiger partial charge in [0.05, 0.1) is 18.3 Å². The Morgan fingerprint density at radius 2 is 2.19 bits per heavy atom. The second kappa shape index (κ2) is 6.19. The van der Waals surface area contributed by atoms with Crippen molar-refractivity contribution in [3.8, 4) is 12.3 Å². The molecule has 1 N–H and O–H groups in total. The van der Waals surface area contributed by atoms with E-state index >= 15 is 0 Å². The van der Waals surface area contributed by atoms with E-state index in [-0.39, 0.29) is 0 Å². The number of methoxy groups -OCH3 is 1. The standard InChI is InChI=1S/C15H17NO4S/c1-3-11-6-4-7-12(10-11)16-21(18,19)14-9-5-8-13(14)15(17)20-2/h1,4,6-7,10,13-14,16H,5,8-9H2,2H3. The number of carbonyl (C=O) groups excluding carboxylic acids is 1. The average Bonchev–Trinajstić information content (AvgIpc) is 2.96. The quantitative estimate of drug-likeness (QED) is 0.679. The number of hydrogen-bond acceptors (Lipinski definition) is 4. The second-order valence-corrected chi connectivity index (χ2v) is 6.87. The molecule has 0 heterocycles. The van der Waals surface area contributed by atoms with E-state index in [9.17, 15) is 13.2 Å². The first-order chi connectivity index (χ1) is 9.97. The lowest BCUT2D eigenvalue weighted by Gasteiger charge is -2.19. The third-order valence-electron chi connectivity index (χ3n) is 3.64. The minimum Gasteiger partial charge on any atom is -0.469 e. The maximum absolute atomic E-state index is 12.5. The minimum atomic E-state index is -3.66. The summed E-state index contributed by atoms with van der Waals surface area (Å²) in [5.41, 5.74) is 0.993. The van der Waals surface area contributed by atoms with E-state index in [1.807, 2.05) is 0 Å². The van der Waals surface area contributed by atoms with Crippen molar-refractivity contribution in [1.29, 1.82) is 0 Å². The molecule has 1 fully saturated rings. The first kappa shape index (κ1) is 15.4. The monoisotopic (exact) mass is 307 g/mol. The van der Waals surface area contributed by atoms with Gasteiger partial charge in [0.15, 0.2) is 0 Å². The average molecular weight is 307 g/mol. The summed E-state index contributed by atoms with van der Waals surface area (Å²) in [6.07, 6.45) is 6.96. The summed E-state index contributed by atoms with van der Waals surface area (Å²) in [4.78, 5) is 11.7. The van der Waals surface area contributed by atoms with Crippen molar-refractivity contribution in [1.82, 2.24) is 0 Å². The van der Waals surface area contributed by atoms with Crippen molar-refractivity contribution in [2.75, 3.05) is 11.8 Å². The van der Waals surface area contributed by atoms with Crippen LogP contribution in [0.15, 0.2) is 24.3 Å². The zero-order chi connectivity index (χ0) is 15.5. The number of carbonyl (C=O) groups is 1. The number of rotatable bonds is 4. The Labute approximate surface area is 124 Å². The third kappa shape index (κ3) is 3.37. The van der Waals surface area contributed by atoms with Gasteiger partial charge in [-0.1, -0.05) is 18.4 Å². The molecule has 0 aromatic heterocycles. The Hall–Kier alpha value is -2.00. The van der Waals surface area contributed by atoms with Crippen molar-refractivity contribution >= 4 is 21.7 Å². The van der Waals surface area contributed by atoms with Gasteiger partial charge in [-0.3, -0.25) is 9.52 Å². The highest BCUT2D eigenvalue weighted by atomic mass is 32.2. The molecule has 0 bridgehead atoms. The van der Waals surface area contributed by atoms with Crippen LogP contribution in [0.1, 0.15) is 24.8 Å². The first-order valence-electron chi connectivity index (χ1n) is 6.64. The topological polar surface area (TPSA) is 72.5 Å². The molecule has 1 aliphatic carbocycles. The molecule has 0 amide bonds. The lowest BCUT2D eigenvalue weighted by molar-refractivity contribution is -0.145. The normalized spacial score (nSPS) is 21.5. The zero-order valence-electron chi connectivity index (χ0n) is 11.7. The van der Waals surface area contributed by atoms with Gasteiger partial charge in [-0.25, -0.2) is 8.42 Å². The number of nitrogens with one attached hydrogen (secondary N) is 1. The summed E-state index contributed by atoms with van der Waals surface area (Å²) in [5, 5.41) is -0.764. The van der Waals surface area contributed by atoms with E-state index < -0.39 is 27.2 Å². The van der Waals surface area contributed by atoms with Crippen LogP contribution in [0.5, 0.6) is 0 Å². The highest BCUT2D eigenvalue weighted by molar-refractivity contribution is 7.93. The smallest absolute Gasteiger partial charge is 0.310 e. The number of anilines is 1. The van der Waals surface area contributed by atoms with Crippen molar-refractivity contribution in [2.24, 2.45) is 5.92 Å². The van der Waals surface area contributed by atoms with Gasteiger partial charge < -0.3 is 4.74 Å². The van der Waals surface area contributed by atoms with E-state index in [0.717, 1.165) is 0 Å². The third-order valence-corrected chi connectivity index (χ3v) is 5.53. The molecule has 0 aliphatic heterocycles. The van der Waals surface area contributed by atoms with Crippen molar-refractivity contribution in [3.05, 3.63) is 29.8 Å². The van der Waals surface area contributed by atoms with Gasteiger partial charge in [0.1, 0.15) is 0 Å². The maximum atomic E-state index is 12.5. The van der Waals surface area contributed by atoms with E-state index in [4.69, 9.17) is 6.42 Å². The molecule has 21 heavy (non-hydrogen) atoms. The highest BCUT2D eigenvalue weighted by Crippen LogP contribution is 2.33. The van der Waals surface area contributed by atoms with Gasteiger partial charge >= 0.3 is 5.97 Å². The number of sulfonamides is 1. The number of hydrogen-bond donors (Lipinski definition) is 1. The molecule has 2 rings (SSSR count). The van der Waals surface area contributed by atoms with Gasteiger partial charge in [-0.15, -0.1) is 6.42 Å². The fourth-order valence-electron chi connectivity index (χ4n) is 2.63. The number of terminal acetylenes is 1. The molecular weight excluding hydrogens is 290 g/mol. The van der Waals surface area contributed by atoms with Gasteiger partial charge in [0.25, 0.3) is 0 Å². The number of esters is 1. The van der Waals surface area contributed by atoms with E-state index in [1.165, 1.54) is 7.11 Å². The zero-order valence-corrected chi connectivity index (χ0v) is 12.5. The van der Waals surface area contributed by atoms with Crippen molar-refractivity contribution < 1.29 is 17.9 Å². The lowest BCUT2D eigenvalue weighted by Crippen LogP contribution is -2.35. The maximum Gasteiger partial charge on any atom is 0.310 e. The van der Waals surface area contributed by atoms with Crippen LogP contribution in [0.25, 0.3) is 0 Å². The van der Waals surface area contributed by atoms with Crippen molar-refractivity contribution in [2.45, 2.75) is 24.5 Å². The molecule has 6 heteroatoms. The summed E-state index contributed by atoms with van der Waals surface area (Å²) < 4.78 is 32.1. The van der Waals surface area contributed by atoms with Crippen LogP contribution in [0.3, 0.4) is 0 Å². The highest BCUT2D eigenvalue weighted by Gasteiger charge is 2.42. The van der Waals surface area contributed by atoms with E-state index in [1.54, 1.807) is 24.3 Å². The number of benzene rings is 1. The molecule has 5 nitrogen and oxygen atoms in total. The summed E-state index contributed by atoms with van der Waals surface area (Å²) >= 11 is 0. The van der Waals surface area contributed by atoms with Crippen LogP contribution >= 0.6 is 0 Å². The summed E-state index contributed by atoms with van der Waals surface area (Å²) in [6.45, 7) is 0. The molecule has 1 saturated carbocycles. The Balaban J connectivity index is 2.21. The van der Waals surface area contributed by atoms with E-state index in [2.05, 4.69) is 15.4 Å². The predicted octanol–water partition coefficient (Wildman–Crippen LogP) is 1.75. The molecule has 0 spiro atoms. The molecule has 1 aromatic carbocycles. The molecular formula is C15H17NO4S. The summed E-state index contributed by atoms with van der Waals surface area (Å²) in [7, 11) is -2.39. The second-order valence-electron chi connectivity index (χ2n) is 4.97. The molecule has 2 unspecified atom stereocenters. The minimum absolute atomic E-state index is 0.404. The SMILES string of the molecule is C#Cc1cccc(NS(=O)(=O)C2CCCC2C(=O)OC)c1. The van der Waals surface area contributed by atoms with Crippen LogP contribution in [0.2, 0.25) is 0 Å².